The van der Waals surface area contributed by atoms with Crippen LogP contribution >= 0.6 is 0 Å². The molecule has 0 radical (unpaired) electrons. The first kappa shape index (κ1) is 20.1. The van der Waals surface area contributed by atoms with Crippen LogP contribution in [-0.2, 0) is 4.74 Å². The zero-order valence-corrected chi connectivity index (χ0v) is 18.1. The highest BCUT2D eigenvalue weighted by molar-refractivity contribution is 5.72. The molecule has 2 heterocycles. The molecule has 3 atom stereocenters. The summed E-state index contributed by atoms with van der Waals surface area (Å²) in [6.45, 7) is 6.80. The van der Waals surface area contributed by atoms with Gasteiger partial charge in [-0.15, -0.1) is 0 Å². The second kappa shape index (κ2) is 6.94. The molecule has 2 N–H and O–H groups in total. The predicted octanol–water partition coefficient (Wildman–Crippen LogP) is 3.20. The highest BCUT2D eigenvalue weighted by atomic mass is 16.6. The summed E-state index contributed by atoms with van der Waals surface area (Å²) in [6.07, 6.45) is 3.22. The molecule has 1 saturated heterocycles. The SMILES string of the molecule is CN/C=C1/c2ccccc2[C@H]([C@H]2CCC3(CN(C(=O)OC(C)(C)C)C3)[C@@H]2O)N1C. The number of likely N-dealkylation sites (tertiary alicyclic amines) is 1. The quantitative estimate of drug-likeness (QED) is 0.800. The maximum absolute atomic E-state index is 12.4. The predicted molar refractivity (Wildman–Crippen MR) is 113 cm³/mol. The van der Waals surface area contributed by atoms with E-state index < -0.39 is 11.7 Å². The van der Waals surface area contributed by atoms with E-state index in [0.29, 0.717) is 13.1 Å². The Hall–Kier alpha value is -2.21. The van der Waals surface area contributed by atoms with Crippen molar-refractivity contribution >= 4 is 11.8 Å². The van der Waals surface area contributed by atoms with Crippen molar-refractivity contribution in [2.24, 2.45) is 11.3 Å². The fraction of sp³-hybridized carbons (Fsp3) is 0.609. The monoisotopic (exact) mass is 399 g/mol. The van der Waals surface area contributed by atoms with E-state index in [0.717, 1.165) is 18.5 Å². The van der Waals surface area contributed by atoms with Crippen LogP contribution in [0, 0.1) is 11.3 Å². The molecular weight excluding hydrogens is 366 g/mol. The lowest BCUT2D eigenvalue weighted by Gasteiger charge is -2.50. The number of nitrogens with one attached hydrogen (secondary N) is 1. The van der Waals surface area contributed by atoms with Gasteiger partial charge in [0.2, 0.25) is 0 Å². The largest absolute Gasteiger partial charge is 0.444 e. The van der Waals surface area contributed by atoms with Crippen molar-refractivity contribution in [2.75, 3.05) is 27.2 Å². The number of benzene rings is 1. The summed E-state index contributed by atoms with van der Waals surface area (Å²) < 4.78 is 5.49. The fourth-order valence-electron chi connectivity index (χ4n) is 5.43. The number of rotatable bonds is 2. The minimum atomic E-state index is -0.497. The number of amides is 1. The van der Waals surface area contributed by atoms with Crippen LogP contribution in [-0.4, -0.2) is 59.9 Å². The van der Waals surface area contributed by atoms with Gasteiger partial charge in [-0.1, -0.05) is 24.3 Å². The summed E-state index contributed by atoms with van der Waals surface area (Å²) >= 11 is 0. The third kappa shape index (κ3) is 3.27. The molecule has 3 aliphatic rings. The molecule has 1 aliphatic carbocycles. The molecule has 6 heteroatoms. The first-order chi connectivity index (χ1) is 13.7. The highest BCUT2D eigenvalue weighted by Crippen LogP contribution is 2.56. The van der Waals surface area contributed by atoms with Gasteiger partial charge in [-0.05, 0) is 39.2 Å². The van der Waals surface area contributed by atoms with Crippen LogP contribution in [0.25, 0.3) is 5.70 Å². The number of aliphatic hydroxyl groups is 1. The zero-order valence-electron chi connectivity index (χ0n) is 18.1. The fourth-order valence-corrected chi connectivity index (χ4v) is 5.43. The number of hydrogen-bond acceptors (Lipinski definition) is 5. The lowest BCUT2D eigenvalue weighted by atomic mass is 9.74. The Kier molecular flexibility index (Phi) is 4.80. The van der Waals surface area contributed by atoms with Crippen molar-refractivity contribution in [3.8, 4) is 0 Å². The Bertz CT molecular complexity index is 823. The molecular formula is C23H33N3O3. The molecule has 1 aromatic carbocycles. The number of fused-ring (bicyclic) bond motifs is 1. The molecule has 29 heavy (non-hydrogen) atoms. The van der Waals surface area contributed by atoms with E-state index in [1.54, 1.807) is 4.90 Å². The summed E-state index contributed by atoms with van der Waals surface area (Å²) in [6, 6.07) is 8.62. The van der Waals surface area contributed by atoms with Crippen molar-refractivity contribution in [1.82, 2.24) is 15.1 Å². The highest BCUT2D eigenvalue weighted by Gasteiger charge is 2.59. The second-order valence-electron chi connectivity index (χ2n) is 9.81. The Balaban J connectivity index is 1.51. The van der Waals surface area contributed by atoms with E-state index in [1.165, 1.54) is 11.1 Å². The van der Waals surface area contributed by atoms with Crippen LogP contribution in [0.4, 0.5) is 4.79 Å². The maximum Gasteiger partial charge on any atom is 0.410 e. The number of carbonyl (C=O) groups excluding carboxylic acids is 1. The summed E-state index contributed by atoms with van der Waals surface area (Å²) in [4.78, 5) is 16.4. The Morgan fingerprint density at radius 1 is 1.31 bits per heavy atom. The summed E-state index contributed by atoms with van der Waals surface area (Å²) in [5.74, 6) is 0.143. The van der Waals surface area contributed by atoms with Gasteiger partial charge >= 0.3 is 6.09 Å². The van der Waals surface area contributed by atoms with Crippen LogP contribution in [0.1, 0.15) is 50.8 Å². The molecule has 158 valence electrons. The van der Waals surface area contributed by atoms with Crippen LogP contribution in [0.2, 0.25) is 0 Å². The summed E-state index contributed by atoms with van der Waals surface area (Å²) in [7, 11) is 4.02. The van der Waals surface area contributed by atoms with Crippen molar-refractivity contribution in [1.29, 1.82) is 0 Å². The molecule has 0 bridgehead atoms. The van der Waals surface area contributed by atoms with E-state index in [1.807, 2.05) is 34.0 Å². The molecule has 1 aromatic rings. The zero-order chi connectivity index (χ0) is 21.0. The van der Waals surface area contributed by atoms with Crippen LogP contribution in [0.5, 0.6) is 0 Å². The van der Waals surface area contributed by atoms with Gasteiger partial charge in [-0.25, -0.2) is 4.79 Å². The first-order valence-electron chi connectivity index (χ1n) is 10.5. The van der Waals surface area contributed by atoms with Crippen molar-refractivity contribution in [3.05, 3.63) is 41.6 Å². The van der Waals surface area contributed by atoms with Crippen LogP contribution in [0.3, 0.4) is 0 Å². The van der Waals surface area contributed by atoms with E-state index in [4.69, 9.17) is 4.74 Å². The maximum atomic E-state index is 12.4. The average molecular weight is 400 g/mol. The molecule has 6 nitrogen and oxygen atoms in total. The topological polar surface area (TPSA) is 65.0 Å². The molecule has 1 saturated carbocycles. The lowest BCUT2D eigenvalue weighted by Crippen LogP contribution is -2.63. The Morgan fingerprint density at radius 3 is 2.66 bits per heavy atom. The van der Waals surface area contributed by atoms with Gasteiger partial charge < -0.3 is 25.0 Å². The lowest BCUT2D eigenvalue weighted by molar-refractivity contribution is -0.0925. The van der Waals surface area contributed by atoms with E-state index in [9.17, 15) is 9.90 Å². The average Bonchev–Trinajstić information content (AvgIpc) is 3.08. The van der Waals surface area contributed by atoms with E-state index in [2.05, 4.69) is 41.5 Å². The molecule has 2 fully saturated rings. The first-order valence-corrected chi connectivity index (χ1v) is 10.5. The smallest absolute Gasteiger partial charge is 0.410 e. The standard InChI is InChI=1S/C23H33N3O3/c1-22(2,3)29-21(28)26-13-23(14-26)11-10-17(20(23)27)19-16-9-7-6-8-15(16)18(12-24-4)25(19)5/h6-9,12,17,19-20,24,27H,10-11,13-14H2,1-5H3/b18-12-/t17-,19-,20-/m1/s1. The molecule has 1 amide bonds. The Labute approximate surface area is 173 Å². The minimum Gasteiger partial charge on any atom is -0.444 e. The van der Waals surface area contributed by atoms with Crippen molar-refractivity contribution in [3.63, 3.8) is 0 Å². The summed E-state index contributed by atoms with van der Waals surface area (Å²) in [5.41, 5.74) is 2.97. The van der Waals surface area contributed by atoms with Gasteiger partial charge in [0, 0.05) is 50.3 Å². The number of carbonyl (C=O) groups is 1. The van der Waals surface area contributed by atoms with Gasteiger partial charge in [-0.3, -0.25) is 0 Å². The number of aliphatic hydroxyl groups excluding tert-OH is 1. The second-order valence-corrected chi connectivity index (χ2v) is 9.81. The molecule has 0 aromatic heterocycles. The molecule has 4 rings (SSSR count). The van der Waals surface area contributed by atoms with E-state index in [-0.39, 0.29) is 23.5 Å². The normalized spacial score (nSPS) is 29.2. The number of hydrogen-bond donors (Lipinski definition) is 2. The van der Waals surface area contributed by atoms with Gasteiger partial charge in [0.25, 0.3) is 0 Å². The third-order valence-corrected chi connectivity index (χ3v) is 6.71. The van der Waals surface area contributed by atoms with Gasteiger partial charge in [0.15, 0.2) is 0 Å². The van der Waals surface area contributed by atoms with Gasteiger partial charge in [-0.2, -0.15) is 0 Å². The van der Waals surface area contributed by atoms with Crippen molar-refractivity contribution in [2.45, 2.75) is 51.4 Å². The number of ether oxygens (including phenoxy) is 1. The Morgan fingerprint density at radius 2 is 2.00 bits per heavy atom. The molecule has 2 aliphatic heterocycles. The molecule has 1 spiro atoms. The van der Waals surface area contributed by atoms with Crippen LogP contribution < -0.4 is 5.32 Å². The van der Waals surface area contributed by atoms with Gasteiger partial charge in [0.1, 0.15) is 5.60 Å². The van der Waals surface area contributed by atoms with Crippen LogP contribution in [0.15, 0.2) is 30.5 Å². The third-order valence-electron chi connectivity index (χ3n) is 6.71. The number of nitrogens with zero attached hydrogens (tertiary/aromatic N) is 2. The summed E-state index contributed by atoms with van der Waals surface area (Å²) in [5, 5.41) is 14.5. The van der Waals surface area contributed by atoms with E-state index >= 15 is 0 Å². The van der Waals surface area contributed by atoms with Gasteiger partial charge in [0.05, 0.1) is 17.8 Å². The molecule has 0 unspecified atom stereocenters. The minimum absolute atomic E-state index is 0.143. The van der Waals surface area contributed by atoms with Crippen molar-refractivity contribution < 1.29 is 14.6 Å².